The largest absolute Gasteiger partial charge is 0.352 e. The summed E-state index contributed by atoms with van der Waals surface area (Å²) in [7, 11) is -3.61. The van der Waals surface area contributed by atoms with Gasteiger partial charge in [0.1, 0.15) is 0 Å². The summed E-state index contributed by atoms with van der Waals surface area (Å²) in [6.07, 6.45) is 4.77. The van der Waals surface area contributed by atoms with Crippen molar-refractivity contribution in [1.29, 1.82) is 0 Å². The number of nitrogens with one attached hydrogen (secondary N) is 1. The SMILES string of the molecule is CCCCNC(=O)c1cccc(S(=O)(=O)N2C[C@@]3(C)C[C@@H]2CC(C)(C)C3)c1. The van der Waals surface area contributed by atoms with E-state index in [4.69, 9.17) is 0 Å². The minimum Gasteiger partial charge on any atom is -0.352 e. The number of fused-ring (bicyclic) bond motifs is 2. The summed E-state index contributed by atoms with van der Waals surface area (Å²) < 4.78 is 28.4. The topological polar surface area (TPSA) is 66.5 Å². The van der Waals surface area contributed by atoms with Crippen molar-refractivity contribution < 1.29 is 13.2 Å². The van der Waals surface area contributed by atoms with Gasteiger partial charge >= 0.3 is 0 Å². The quantitative estimate of drug-likeness (QED) is 0.749. The molecule has 6 heteroatoms. The highest BCUT2D eigenvalue weighted by atomic mass is 32.2. The Balaban J connectivity index is 1.84. The Morgan fingerprint density at radius 1 is 1.26 bits per heavy atom. The molecule has 1 saturated carbocycles. The zero-order valence-electron chi connectivity index (χ0n) is 16.9. The maximum absolute atomic E-state index is 13.4. The number of benzene rings is 1. The van der Waals surface area contributed by atoms with Crippen LogP contribution >= 0.6 is 0 Å². The second-order valence-electron chi connectivity index (χ2n) is 9.40. The maximum atomic E-state index is 13.4. The monoisotopic (exact) mass is 392 g/mol. The fourth-order valence-corrected chi connectivity index (χ4v) is 6.92. The molecule has 1 saturated heterocycles. The molecule has 2 fully saturated rings. The van der Waals surface area contributed by atoms with E-state index in [9.17, 15) is 13.2 Å². The van der Waals surface area contributed by atoms with Crippen molar-refractivity contribution in [2.75, 3.05) is 13.1 Å². The minimum absolute atomic E-state index is 0.0363. The second kappa shape index (κ2) is 7.21. The van der Waals surface area contributed by atoms with E-state index in [0.29, 0.717) is 18.7 Å². The first-order chi connectivity index (χ1) is 12.6. The number of rotatable bonds is 6. The number of carbonyl (C=O) groups excluding carboxylic acids is 1. The van der Waals surface area contributed by atoms with Gasteiger partial charge < -0.3 is 5.32 Å². The molecule has 2 bridgehead atoms. The summed E-state index contributed by atoms with van der Waals surface area (Å²) in [5, 5.41) is 2.85. The Morgan fingerprint density at radius 3 is 2.70 bits per heavy atom. The first kappa shape index (κ1) is 20.3. The molecule has 1 amide bonds. The van der Waals surface area contributed by atoms with Gasteiger partial charge in [0.25, 0.3) is 5.91 Å². The van der Waals surface area contributed by atoms with Crippen molar-refractivity contribution >= 4 is 15.9 Å². The van der Waals surface area contributed by atoms with Gasteiger partial charge in [-0.3, -0.25) is 4.79 Å². The van der Waals surface area contributed by atoms with Gasteiger partial charge in [-0.05, 0) is 54.7 Å². The first-order valence-electron chi connectivity index (χ1n) is 9.96. The van der Waals surface area contributed by atoms with E-state index >= 15 is 0 Å². The lowest BCUT2D eigenvalue weighted by Crippen LogP contribution is -2.37. The molecular formula is C21H32N2O3S. The van der Waals surface area contributed by atoms with Gasteiger partial charge in [0.2, 0.25) is 10.0 Å². The molecule has 27 heavy (non-hydrogen) atoms. The van der Waals surface area contributed by atoms with Crippen LogP contribution in [0.4, 0.5) is 0 Å². The van der Waals surface area contributed by atoms with Gasteiger partial charge in [-0.25, -0.2) is 8.42 Å². The lowest BCUT2D eigenvalue weighted by molar-refractivity contribution is 0.0953. The van der Waals surface area contributed by atoms with Crippen molar-refractivity contribution in [2.24, 2.45) is 10.8 Å². The highest BCUT2D eigenvalue weighted by molar-refractivity contribution is 7.89. The lowest BCUT2D eigenvalue weighted by atomic mass is 9.65. The summed E-state index contributed by atoms with van der Waals surface area (Å²) in [5.41, 5.74) is 0.596. The molecule has 0 unspecified atom stereocenters. The highest BCUT2D eigenvalue weighted by Gasteiger charge is 2.53. The standard InChI is InChI=1S/C21H32N2O3S/c1-5-6-10-22-19(24)16-8-7-9-18(11-16)27(25,26)23-15-21(4)13-17(23)12-20(2,3)14-21/h7-9,11,17H,5-6,10,12-15H2,1-4H3,(H,22,24)/t17-,21-/m0/s1. The Morgan fingerprint density at radius 2 is 2.00 bits per heavy atom. The highest BCUT2D eigenvalue weighted by Crippen LogP contribution is 2.53. The molecule has 0 radical (unpaired) electrons. The van der Waals surface area contributed by atoms with Crippen LogP contribution in [0.3, 0.4) is 0 Å². The number of amides is 1. The van der Waals surface area contributed by atoms with Crippen LogP contribution in [0, 0.1) is 10.8 Å². The number of unbranched alkanes of at least 4 members (excludes halogenated alkanes) is 1. The number of hydrogen-bond donors (Lipinski definition) is 1. The van der Waals surface area contributed by atoms with Crippen molar-refractivity contribution in [3.05, 3.63) is 29.8 Å². The van der Waals surface area contributed by atoms with Crippen LogP contribution in [-0.2, 0) is 10.0 Å². The van der Waals surface area contributed by atoms with Gasteiger partial charge in [0, 0.05) is 24.7 Å². The summed E-state index contributed by atoms with van der Waals surface area (Å²) in [4.78, 5) is 12.5. The van der Waals surface area contributed by atoms with Crippen LogP contribution < -0.4 is 5.32 Å². The molecular weight excluding hydrogens is 360 g/mol. The molecule has 1 N–H and O–H groups in total. The molecule has 3 rings (SSSR count). The molecule has 1 heterocycles. The Bertz CT molecular complexity index is 818. The van der Waals surface area contributed by atoms with Crippen molar-refractivity contribution in [3.63, 3.8) is 0 Å². The number of carbonyl (C=O) groups is 1. The summed E-state index contributed by atoms with van der Waals surface area (Å²) in [6.45, 7) is 9.90. The third-order valence-electron chi connectivity index (χ3n) is 5.89. The Hall–Kier alpha value is -1.40. The summed E-state index contributed by atoms with van der Waals surface area (Å²) in [5.74, 6) is -0.214. The third kappa shape index (κ3) is 4.21. The van der Waals surface area contributed by atoms with Gasteiger partial charge in [0.15, 0.2) is 0 Å². The van der Waals surface area contributed by atoms with Crippen molar-refractivity contribution in [2.45, 2.75) is 70.7 Å². The maximum Gasteiger partial charge on any atom is 0.251 e. The van der Waals surface area contributed by atoms with Crippen LogP contribution in [0.1, 0.15) is 70.2 Å². The van der Waals surface area contributed by atoms with Crippen molar-refractivity contribution in [1.82, 2.24) is 9.62 Å². The second-order valence-corrected chi connectivity index (χ2v) is 11.3. The van der Waals surface area contributed by atoms with E-state index < -0.39 is 10.0 Å². The fourth-order valence-electron chi connectivity index (χ4n) is 5.10. The number of sulfonamides is 1. The Kier molecular flexibility index (Phi) is 5.43. The average Bonchev–Trinajstić information content (AvgIpc) is 2.84. The first-order valence-corrected chi connectivity index (χ1v) is 11.4. The third-order valence-corrected chi connectivity index (χ3v) is 7.78. The normalized spacial score (nSPS) is 27.5. The predicted octanol–water partition coefficient (Wildman–Crippen LogP) is 3.81. The van der Waals surface area contributed by atoms with Crippen LogP contribution in [-0.4, -0.2) is 37.8 Å². The van der Waals surface area contributed by atoms with Gasteiger partial charge in [-0.1, -0.05) is 40.2 Å². The van der Waals surface area contributed by atoms with Crippen LogP contribution in [0.2, 0.25) is 0 Å². The number of hydrogen-bond acceptors (Lipinski definition) is 3. The van der Waals surface area contributed by atoms with Gasteiger partial charge in [-0.15, -0.1) is 0 Å². The summed E-state index contributed by atoms with van der Waals surface area (Å²) in [6, 6.07) is 6.51. The molecule has 0 aromatic heterocycles. The van der Waals surface area contributed by atoms with E-state index in [1.807, 2.05) is 0 Å². The zero-order chi connectivity index (χ0) is 19.9. The molecule has 1 aliphatic carbocycles. The lowest BCUT2D eigenvalue weighted by Gasteiger charge is -2.39. The molecule has 2 atom stereocenters. The molecule has 1 aliphatic heterocycles. The number of nitrogens with zero attached hydrogens (tertiary/aromatic N) is 1. The molecule has 150 valence electrons. The fraction of sp³-hybridized carbons (Fsp3) is 0.667. The van der Waals surface area contributed by atoms with E-state index in [1.165, 1.54) is 6.07 Å². The van der Waals surface area contributed by atoms with Crippen LogP contribution in [0.25, 0.3) is 0 Å². The van der Waals surface area contributed by atoms with E-state index in [1.54, 1.807) is 22.5 Å². The summed E-state index contributed by atoms with van der Waals surface area (Å²) >= 11 is 0. The van der Waals surface area contributed by atoms with Gasteiger partial charge in [0.05, 0.1) is 4.90 Å². The van der Waals surface area contributed by atoms with Crippen LogP contribution in [0.5, 0.6) is 0 Å². The van der Waals surface area contributed by atoms with E-state index in [2.05, 4.69) is 33.0 Å². The Labute approximate surface area is 163 Å². The van der Waals surface area contributed by atoms with E-state index in [-0.39, 0.29) is 27.7 Å². The van der Waals surface area contributed by atoms with E-state index in [0.717, 1.165) is 32.1 Å². The van der Waals surface area contributed by atoms with Crippen LogP contribution in [0.15, 0.2) is 29.2 Å². The zero-order valence-corrected chi connectivity index (χ0v) is 17.7. The van der Waals surface area contributed by atoms with Gasteiger partial charge in [-0.2, -0.15) is 4.31 Å². The molecule has 0 spiro atoms. The molecule has 2 aliphatic rings. The van der Waals surface area contributed by atoms with Crippen molar-refractivity contribution in [3.8, 4) is 0 Å². The minimum atomic E-state index is -3.61. The molecule has 1 aromatic carbocycles. The average molecular weight is 393 g/mol. The smallest absolute Gasteiger partial charge is 0.251 e. The predicted molar refractivity (Wildman–Crippen MR) is 107 cm³/mol. The molecule has 1 aromatic rings. The molecule has 5 nitrogen and oxygen atoms in total.